The third-order valence-electron chi connectivity index (χ3n) is 3.59. The van der Waals surface area contributed by atoms with Crippen molar-refractivity contribution in [2.45, 2.75) is 19.9 Å². The minimum atomic E-state index is 0.500. The molecule has 1 heterocycles. The van der Waals surface area contributed by atoms with Gasteiger partial charge in [0.2, 0.25) is 0 Å². The van der Waals surface area contributed by atoms with E-state index in [9.17, 15) is 0 Å². The van der Waals surface area contributed by atoms with Gasteiger partial charge in [0.25, 0.3) is 0 Å². The number of morpholine rings is 1. The van der Waals surface area contributed by atoms with E-state index < -0.39 is 0 Å². The number of nitrogens with zero attached hydrogens (tertiary/aromatic N) is 2. The molecule has 0 amide bonds. The smallest absolute Gasteiger partial charge is 0.191 e. The van der Waals surface area contributed by atoms with Crippen molar-refractivity contribution in [3.63, 3.8) is 0 Å². The van der Waals surface area contributed by atoms with Crippen molar-refractivity contribution in [2.24, 2.45) is 10.9 Å². The fourth-order valence-electron chi connectivity index (χ4n) is 2.39. The van der Waals surface area contributed by atoms with E-state index in [0.717, 1.165) is 45.4 Å². The van der Waals surface area contributed by atoms with Crippen molar-refractivity contribution in [3.05, 3.63) is 0 Å². The average Bonchev–Trinajstić information content (AvgIpc) is 2.46. The van der Waals surface area contributed by atoms with Gasteiger partial charge in [-0.1, -0.05) is 13.8 Å². The number of hydrogen-bond acceptors (Lipinski definition) is 4. The van der Waals surface area contributed by atoms with Crippen LogP contribution in [0, 0.1) is 5.92 Å². The summed E-state index contributed by atoms with van der Waals surface area (Å²) in [7, 11) is 3.49. The topological polar surface area (TPSA) is 58.1 Å². The highest BCUT2D eigenvalue weighted by atomic mass is 16.5. The van der Waals surface area contributed by atoms with Crippen LogP contribution in [0.15, 0.2) is 4.99 Å². The lowest BCUT2D eigenvalue weighted by molar-refractivity contribution is 0.00752. The van der Waals surface area contributed by atoms with Crippen molar-refractivity contribution in [1.29, 1.82) is 0 Å². The summed E-state index contributed by atoms with van der Waals surface area (Å²) in [6.45, 7) is 10.6. The number of ether oxygens (including phenoxy) is 2. The quantitative estimate of drug-likeness (QED) is 0.396. The Hall–Kier alpha value is -0.850. The Balaban J connectivity index is 2.40. The van der Waals surface area contributed by atoms with Crippen LogP contribution < -0.4 is 10.6 Å². The molecule has 118 valence electrons. The molecule has 6 heteroatoms. The minimum Gasteiger partial charge on any atom is -0.383 e. The summed E-state index contributed by atoms with van der Waals surface area (Å²) in [5, 5.41) is 6.65. The van der Waals surface area contributed by atoms with E-state index in [-0.39, 0.29) is 0 Å². The maximum absolute atomic E-state index is 5.43. The number of nitrogens with one attached hydrogen (secondary N) is 2. The summed E-state index contributed by atoms with van der Waals surface area (Å²) in [5.41, 5.74) is 0. The maximum Gasteiger partial charge on any atom is 0.191 e. The molecule has 0 aromatic heterocycles. The van der Waals surface area contributed by atoms with E-state index in [1.54, 1.807) is 14.2 Å². The fourth-order valence-corrected chi connectivity index (χ4v) is 2.39. The van der Waals surface area contributed by atoms with Crippen molar-refractivity contribution >= 4 is 5.96 Å². The zero-order chi connectivity index (χ0) is 14.8. The van der Waals surface area contributed by atoms with Crippen molar-refractivity contribution in [3.8, 4) is 0 Å². The molecule has 20 heavy (non-hydrogen) atoms. The molecule has 2 N–H and O–H groups in total. The Kier molecular flexibility index (Phi) is 8.57. The highest BCUT2D eigenvalue weighted by Gasteiger charge is 2.23. The summed E-state index contributed by atoms with van der Waals surface area (Å²) in [5.74, 6) is 1.43. The molecule has 0 spiro atoms. The van der Waals surface area contributed by atoms with Gasteiger partial charge in [0.05, 0.1) is 19.8 Å². The summed E-state index contributed by atoms with van der Waals surface area (Å²) >= 11 is 0. The first-order valence-electron chi connectivity index (χ1n) is 7.44. The van der Waals surface area contributed by atoms with Gasteiger partial charge in [-0.15, -0.1) is 0 Å². The predicted octanol–water partition coefficient (Wildman–Crippen LogP) is 0.155. The van der Waals surface area contributed by atoms with Gasteiger partial charge < -0.3 is 20.1 Å². The van der Waals surface area contributed by atoms with Crippen LogP contribution in [0.25, 0.3) is 0 Å². The van der Waals surface area contributed by atoms with E-state index in [1.807, 2.05) is 0 Å². The van der Waals surface area contributed by atoms with Gasteiger partial charge in [-0.05, 0) is 5.92 Å². The molecule has 0 radical (unpaired) electrons. The molecule has 1 saturated heterocycles. The highest BCUT2D eigenvalue weighted by Crippen LogP contribution is 2.12. The van der Waals surface area contributed by atoms with Crippen LogP contribution in [0.2, 0.25) is 0 Å². The monoisotopic (exact) mass is 286 g/mol. The highest BCUT2D eigenvalue weighted by molar-refractivity contribution is 5.79. The normalized spacial score (nSPS) is 19.1. The predicted molar refractivity (Wildman–Crippen MR) is 82.3 cm³/mol. The molecule has 0 bridgehead atoms. The van der Waals surface area contributed by atoms with Crippen molar-refractivity contribution in [2.75, 3.05) is 60.2 Å². The first kappa shape index (κ1) is 17.2. The molecule has 0 aliphatic carbocycles. The minimum absolute atomic E-state index is 0.500. The molecule has 1 rings (SSSR count). The van der Waals surface area contributed by atoms with Gasteiger partial charge in [-0.2, -0.15) is 0 Å². The molecule has 0 aromatic carbocycles. The molecular weight excluding hydrogens is 256 g/mol. The molecule has 1 unspecified atom stereocenters. The Bertz CT molecular complexity index is 278. The van der Waals surface area contributed by atoms with Crippen LogP contribution >= 0.6 is 0 Å². The van der Waals surface area contributed by atoms with Crippen LogP contribution in [-0.4, -0.2) is 77.1 Å². The Morgan fingerprint density at radius 2 is 2.00 bits per heavy atom. The van der Waals surface area contributed by atoms with Gasteiger partial charge >= 0.3 is 0 Å². The van der Waals surface area contributed by atoms with Crippen LogP contribution in [0.4, 0.5) is 0 Å². The van der Waals surface area contributed by atoms with Crippen LogP contribution in [0.3, 0.4) is 0 Å². The van der Waals surface area contributed by atoms with Crippen molar-refractivity contribution in [1.82, 2.24) is 15.5 Å². The number of rotatable bonds is 7. The Morgan fingerprint density at radius 3 is 2.55 bits per heavy atom. The van der Waals surface area contributed by atoms with E-state index >= 15 is 0 Å². The van der Waals surface area contributed by atoms with Crippen LogP contribution in [0.1, 0.15) is 13.8 Å². The number of methoxy groups -OCH3 is 1. The number of aliphatic imine (C=N–C) groups is 1. The van der Waals surface area contributed by atoms with Crippen LogP contribution in [-0.2, 0) is 9.47 Å². The van der Waals surface area contributed by atoms with Gasteiger partial charge in [0.1, 0.15) is 0 Å². The van der Waals surface area contributed by atoms with Gasteiger partial charge in [0.15, 0.2) is 5.96 Å². The summed E-state index contributed by atoms with van der Waals surface area (Å²) in [4.78, 5) is 6.74. The second-order valence-corrected chi connectivity index (χ2v) is 5.33. The van der Waals surface area contributed by atoms with Crippen LogP contribution in [0.5, 0.6) is 0 Å². The second kappa shape index (κ2) is 9.96. The largest absolute Gasteiger partial charge is 0.383 e. The molecule has 1 aliphatic heterocycles. The first-order valence-corrected chi connectivity index (χ1v) is 7.44. The SMILES string of the molecule is CN=C(NCCOC)NCC(C(C)C)N1CCOCC1. The number of hydrogen-bond donors (Lipinski definition) is 2. The molecule has 6 nitrogen and oxygen atoms in total. The Labute approximate surface area is 122 Å². The zero-order valence-electron chi connectivity index (χ0n) is 13.3. The molecule has 0 saturated carbocycles. The first-order chi connectivity index (χ1) is 9.69. The van der Waals surface area contributed by atoms with E-state index in [4.69, 9.17) is 9.47 Å². The van der Waals surface area contributed by atoms with E-state index in [2.05, 4.69) is 34.4 Å². The van der Waals surface area contributed by atoms with E-state index in [0.29, 0.717) is 18.6 Å². The summed E-state index contributed by atoms with van der Waals surface area (Å²) in [6.07, 6.45) is 0. The third kappa shape index (κ3) is 6.07. The third-order valence-corrected chi connectivity index (χ3v) is 3.59. The van der Waals surface area contributed by atoms with E-state index in [1.165, 1.54) is 0 Å². The maximum atomic E-state index is 5.43. The zero-order valence-corrected chi connectivity index (χ0v) is 13.3. The van der Waals surface area contributed by atoms with Gasteiger partial charge in [0, 0.05) is 46.4 Å². The molecule has 1 fully saturated rings. The van der Waals surface area contributed by atoms with Crippen molar-refractivity contribution < 1.29 is 9.47 Å². The lowest BCUT2D eigenvalue weighted by atomic mass is 10.0. The molecular formula is C14H30N4O2. The van der Waals surface area contributed by atoms with Gasteiger partial charge in [-0.25, -0.2) is 0 Å². The summed E-state index contributed by atoms with van der Waals surface area (Å²) in [6, 6.07) is 0.500. The average molecular weight is 286 g/mol. The van der Waals surface area contributed by atoms with Gasteiger partial charge in [-0.3, -0.25) is 9.89 Å². The standard InChI is InChI=1S/C14H30N4O2/c1-12(2)13(18-6-9-20-10-7-18)11-17-14(15-3)16-5-8-19-4/h12-13H,5-11H2,1-4H3,(H2,15,16,17). The number of guanidine groups is 1. The summed E-state index contributed by atoms with van der Waals surface area (Å²) < 4.78 is 10.5. The molecule has 0 aromatic rings. The second-order valence-electron chi connectivity index (χ2n) is 5.33. The lowest BCUT2D eigenvalue weighted by Crippen LogP contribution is -2.52. The Morgan fingerprint density at radius 1 is 1.30 bits per heavy atom. The molecule has 1 atom stereocenters. The lowest BCUT2D eigenvalue weighted by Gasteiger charge is -2.37. The molecule has 1 aliphatic rings. The fraction of sp³-hybridized carbons (Fsp3) is 0.929.